The number of nitrogen functional groups attached to an aromatic ring is 1. The molecular formula is C21H22N6O. The van der Waals surface area contributed by atoms with E-state index in [1.165, 1.54) is 0 Å². The lowest BCUT2D eigenvalue weighted by atomic mass is 10.1. The molecule has 0 aliphatic carbocycles. The second-order valence-corrected chi connectivity index (χ2v) is 7.34. The van der Waals surface area contributed by atoms with Crippen molar-refractivity contribution in [3.8, 4) is 11.4 Å². The Morgan fingerprint density at radius 3 is 2.50 bits per heavy atom. The Balaban J connectivity index is 1.72. The van der Waals surface area contributed by atoms with E-state index in [4.69, 9.17) is 5.73 Å². The van der Waals surface area contributed by atoms with Crippen LogP contribution in [0.1, 0.15) is 0 Å². The quantitative estimate of drug-likeness (QED) is 0.501. The lowest BCUT2D eigenvalue weighted by Gasteiger charge is -2.34. The number of nitrogens with one attached hydrogen (secondary N) is 2. The highest BCUT2D eigenvalue weighted by atomic mass is 16.1. The van der Waals surface area contributed by atoms with Crippen molar-refractivity contribution in [2.45, 2.75) is 0 Å². The summed E-state index contributed by atoms with van der Waals surface area (Å²) in [7, 11) is 2.13. The topological polar surface area (TPSA) is 94.0 Å². The first-order valence-corrected chi connectivity index (χ1v) is 9.45. The molecule has 7 nitrogen and oxygen atoms in total. The van der Waals surface area contributed by atoms with Crippen molar-refractivity contribution in [3.05, 3.63) is 52.8 Å². The number of pyridine rings is 1. The Kier molecular flexibility index (Phi) is 3.84. The van der Waals surface area contributed by atoms with E-state index >= 15 is 0 Å². The molecule has 0 radical (unpaired) electrons. The van der Waals surface area contributed by atoms with Gasteiger partial charge in [-0.25, -0.2) is 4.98 Å². The van der Waals surface area contributed by atoms with Gasteiger partial charge in [-0.05, 0) is 31.3 Å². The van der Waals surface area contributed by atoms with E-state index in [1.807, 2.05) is 36.4 Å². The fourth-order valence-corrected chi connectivity index (χ4v) is 3.98. The minimum absolute atomic E-state index is 0.236. The summed E-state index contributed by atoms with van der Waals surface area (Å²) in [6, 6.07) is 13.6. The highest BCUT2D eigenvalue weighted by Gasteiger charge is 2.21. The van der Waals surface area contributed by atoms with Gasteiger partial charge >= 0.3 is 0 Å². The van der Waals surface area contributed by atoms with E-state index in [9.17, 15) is 4.79 Å². The zero-order chi connectivity index (χ0) is 19.3. The van der Waals surface area contributed by atoms with E-state index < -0.39 is 0 Å². The molecule has 2 aromatic heterocycles. The first-order valence-electron chi connectivity index (χ1n) is 9.45. The number of anilines is 2. The second kappa shape index (κ2) is 6.38. The van der Waals surface area contributed by atoms with Crippen molar-refractivity contribution in [1.29, 1.82) is 0 Å². The summed E-state index contributed by atoms with van der Waals surface area (Å²) in [6.45, 7) is 3.84. The van der Waals surface area contributed by atoms with Crippen molar-refractivity contribution in [3.63, 3.8) is 0 Å². The fraction of sp³-hybridized carbons (Fsp3) is 0.238. The number of aromatic amines is 2. The van der Waals surface area contributed by atoms with Crippen LogP contribution >= 0.6 is 0 Å². The summed E-state index contributed by atoms with van der Waals surface area (Å²) in [4.78, 5) is 28.3. The molecule has 4 aromatic rings. The van der Waals surface area contributed by atoms with Gasteiger partial charge in [0.1, 0.15) is 11.4 Å². The molecule has 2 aromatic carbocycles. The molecule has 1 aliphatic heterocycles. The molecule has 0 amide bonds. The maximum Gasteiger partial charge on any atom is 0.261 e. The smallest absolute Gasteiger partial charge is 0.261 e. The number of hydrogen-bond acceptors (Lipinski definition) is 5. The van der Waals surface area contributed by atoms with E-state index in [0.717, 1.165) is 53.8 Å². The van der Waals surface area contributed by atoms with Gasteiger partial charge in [-0.15, -0.1) is 0 Å². The monoisotopic (exact) mass is 374 g/mol. The molecule has 0 unspecified atom stereocenters. The molecule has 7 heteroatoms. The van der Waals surface area contributed by atoms with E-state index in [0.29, 0.717) is 17.1 Å². The third-order valence-corrected chi connectivity index (χ3v) is 5.53. The minimum atomic E-state index is -0.236. The average molecular weight is 374 g/mol. The summed E-state index contributed by atoms with van der Waals surface area (Å²) in [5, 5.41) is 0.877. The summed E-state index contributed by atoms with van der Waals surface area (Å²) < 4.78 is 0. The zero-order valence-corrected chi connectivity index (χ0v) is 15.7. The first-order chi connectivity index (χ1) is 13.6. The first kappa shape index (κ1) is 16.8. The lowest BCUT2D eigenvalue weighted by molar-refractivity contribution is 0.313. The summed E-state index contributed by atoms with van der Waals surface area (Å²) in [5.74, 6) is 0.495. The molecule has 4 N–H and O–H groups in total. The molecule has 0 bridgehead atoms. The van der Waals surface area contributed by atoms with Gasteiger partial charge in [0.05, 0.1) is 22.2 Å². The molecular weight excluding hydrogens is 352 g/mol. The van der Waals surface area contributed by atoms with Gasteiger partial charge in [0.2, 0.25) is 0 Å². The molecule has 5 rings (SSSR count). The minimum Gasteiger partial charge on any atom is -0.397 e. The van der Waals surface area contributed by atoms with Gasteiger partial charge in [-0.2, -0.15) is 0 Å². The van der Waals surface area contributed by atoms with Gasteiger partial charge in [-0.3, -0.25) is 4.79 Å². The Hall–Kier alpha value is -3.32. The van der Waals surface area contributed by atoms with Crippen molar-refractivity contribution >= 4 is 33.3 Å². The predicted octanol–water partition coefficient (Wildman–Crippen LogP) is 2.41. The highest BCUT2D eigenvalue weighted by molar-refractivity contribution is 6.05. The number of imidazole rings is 1. The van der Waals surface area contributed by atoms with Crippen LogP contribution in [0.3, 0.4) is 0 Å². The molecule has 0 spiro atoms. The maximum atomic E-state index is 12.8. The zero-order valence-electron chi connectivity index (χ0n) is 15.7. The number of aromatic nitrogens is 3. The molecule has 0 atom stereocenters. The second-order valence-electron chi connectivity index (χ2n) is 7.34. The standard InChI is InChI=1S/C21H22N6O/c1-26-9-11-27(12-10-26)16-8-4-7-15-17(16)19(22)18(21(28)25-15)20-23-13-5-2-3-6-14(13)24-20/h2-8H,9-12H2,1H3,(H,23,24)(H3,22,25,28). The van der Waals surface area contributed by atoms with E-state index in [-0.39, 0.29) is 5.56 Å². The Bertz CT molecular complexity index is 1200. The van der Waals surface area contributed by atoms with Gasteiger partial charge in [-0.1, -0.05) is 18.2 Å². The third kappa shape index (κ3) is 2.63. The van der Waals surface area contributed by atoms with Crippen LogP contribution in [0.5, 0.6) is 0 Å². The lowest BCUT2D eigenvalue weighted by Crippen LogP contribution is -2.44. The Labute approximate surface area is 161 Å². The number of H-pyrrole nitrogens is 2. The number of fused-ring (bicyclic) bond motifs is 2. The van der Waals surface area contributed by atoms with Crippen LogP contribution in [0.15, 0.2) is 47.3 Å². The van der Waals surface area contributed by atoms with Crippen molar-refractivity contribution in [2.75, 3.05) is 43.9 Å². The highest BCUT2D eigenvalue weighted by Crippen LogP contribution is 2.35. The van der Waals surface area contributed by atoms with E-state index in [2.05, 4.69) is 37.9 Å². The van der Waals surface area contributed by atoms with Crippen LogP contribution < -0.4 is 16.2 Å². The molecule has 1 fully saturated rings. The molecule has 28 heavy (non-hydrogen) atoms. The van der Waals surface area contributed by atoms with Crippen molar-refractivity contribution in [1.82, 2.24) is 19.9 Å². The van der Waals surface area contributed by atoms with Gasteiger partial charge in [0, 0.05) is 37.3 Å². The number of piperazine rings is 1. The number of benzene rings is 2. The van der Waals surface area contributed by atoms with Crippen LogP contribution in [0.25, 0.3) is 33.3 Å². The van der Waals surface area contributed by atoms with Crippen LogP contribution in [0.4, 0.5) is 11.4 Å². The van der Waals surface area contributed by atoms with Gasteiger partial charge in [0.25, 0.3) is 5.56 Å². The number of nitrogens with two attached hydrogens (primary N) is 1. The summed E-state index contributed by atoms with van der Waals surface area (Å²) in [5.41, 5.74) is 10.7. The molecule has 1 aliphatic rings. The van der Waals surface area contributed by atoms with Crippen molar-refractivity contribution in [2.24, 2.45) is 0 Å². The molecule has 3 heterocycles. The summed E-state index contributed by atoms with van der Waals surface area (Å²) in [6.07, 6.45) is 0. The summed E-state index contributed by atoms with van der Waals surface area (Å²) >= 11 is 0. The normalized spacial score (nSPS) is 15.5. The maximum absolute atomic E-state index is 12.8. The Morgan fingerprint density at radius 1 is 0.964 bits per heavy atom. The van der Waals surface area contributed by atoms with Crippen molar-refractivity contribution < 1.29 is 0 Å². The van der Waals surface area contributed by atoms with Crippen LogP contribution in [-0.4, -0.2) is 53.1 Å². The number of likely N-dealkylation sites (N-methyl/N-ethyl adjacent to an activating group) is 1. The van der Waals surface area contributed by atoms with Gasteiger partial charge in [0.15, 0.2) is 0 Å². The number of para-hydroxylation sites is 2. The van der Waals surface area contributed by atoms with Crippen LogP contribution in [0, 0.1) is 0 Å². The van der Waals surface area contributed by atoms with E-state index in [1.54, 1.807) is 0 Å². The largest absolute Gasteiger partial charge is 0.397 e. The molecule has 0 saturated carbocycles. The van der Waals surface area contributed by atoms with Gasteiger partial charge < -0.3 is 25.5 Å². The molecule has 142 valence electrons. The van der Waals surface area contributed by atoms with Crippen LogP contribution in [-0.2, 0) is 0 Å². The third-order valence-electron chi connectivity index (χ3n) is 5.53. The average Bonchev–Trinajstić information content (AvgIpc) is 3.11. The fourth-order valence-electron chi connectivity index (χ4n) is 3.98. The van der Waals surface area contributed by atoms with Crippen LogP contribution in [0.2, 0.25) is 0 Å². The predicted molar refractivity (Wildman–Crippen MR) is 114 cm³/mol. The number of hydrogen-bond donors (Lipinski definition) is 3. The SMILES string of the molecule is CN1CCN(c2cccc3[nH]c(=O)c(-c4nc5ccccc5[nH]4)c(N)c23)CC1. The Morgan fingerprint density at radius 2 is 1.71 bits per heavy atom. The number of nitrogens with zero attached hydrogens (tertiary/aromatic N) is 3. The molecule has 1 saturated heterocycles. The number of rotatable bonds is 2.